The van der Waals surface area contributed by atoms with Gasteiger partial charge in [0.15, 0.2) is 0 Å². The maximum absolute atomic E-state index is 12.3. The van der Waals surface area contributed by atoms with Crippen LogP contribution in [0.15, 0.2) is 17.1 Å². The van der Waals surface area contributed by atoms with Crippen molar-refractivity contribution in [3.8, 4) is 11.3 Å². The standard InChI is InChI=1S/C19H25N7O3/c1-12-14(11-21-18(22-12)26-6-8-29-9-7-26)15-10-16(27)24-19(23-15)25-4-2-13(3-5-25)17(20)28/h10-11,13H,2-9H2,1H3,(H2,20,28)(H,23,24,27). The zero-order chi connectivity index (χ0) is 20.4. The van der Waals surface area contributed by atoms with Crippen molar-refractivity contribution in [2.45, 2.75) is 19.8 Å². The summed E-state index contributed by atoms with van der Waals surface area (Å²) in [5, 5.41) is 0. The van der Waals surface area contributed by atoms with Gasteiger partial charge in [0, 0.05) is 49.9 Å². The van der Waals surface area contributed by atoms with E-state index in [1.165, 1.54) is 6.07 Å². The van der Waals surface area contributed by atoms with Crippen LogP contribution in [-0.4, -0.2) is 65.2 Å². The number of piperidine rings is 1. The minimum Gasteiger partial charge on any atom is -0.378 e. The van der Waals surface area contributed by atoms with Gasteiger partial charge in [-0.1, -0.05) is 0 Å². The number of carbonyl (C=O) groups excluding carboxylic acids is 1. The van der Waals surface area contributed by atoms with E-state index in [0.717, 1.165) is 24.3 Å². The van der Waals surface area contributed by atoms with Crippen molar-refractivity contribution in [1.29, 1.82) is 0 Å². The SMILES string of the molecule is Cc1nc(N2CCOCC2)ncc1-c1cc(=O)[nH]c(N2CCC(C(N)=O)CC2)n1. The number of anilines is 2. The Bertz CT molecular complexity index is 947. The molecule has 2 saturated heterocycles. The minimum absolute atomic E-state index is 0.121. The zero-order valence-electron chi connectivity index (χ0n) is 16.4. The fourth-order valence-electron chi connectivity index (χ4n) is 3.73. The molecule has 1 amide bonds. The van der Waals surface area contributed by atoms with Crippen molar-refractivity contribution in [2.24, 2.45) is 11.7 Å². The van der Waals surface area contributed by atoms with Crippen molar-refractivity contribution in [2.75, 3.05) is 49.2 Å². The van der Waals surface area contributed by atoms with E-state index in [-0.39, 0.29) is 17.4 Å². The topological polar surface area (TPSA) is 130 Å². The summed E-state index contributed by atoms with van der Waals surface area (Å²) in [5.74, 6) is 0.762. The van der Waals surface area contributed by atoms with Crippen LogP contribution in [0.25, 0.3) is 11.3 Å². The van der Waals surface area contributed by atoms with Crippen molar-refractivity contribution in [1.82, 2.24) is 19.9 Å². The van der Waals surface area contributed by atoms with Crippen molar-refractivity contribution in [3.63, 3.8) is 0 Å². The number of H-pyrrole nitrogens is 1. The lowest BCUT2D eigenvalue weighted by molar-refractivity contribution is -0.122. The monoisotopic (exact) mass is 399 g/mol. The van der Waals surface area contributed by atoms with E-state index in [9.17, 15) is 9.59 Å². The fourth-order valence-corrected chi connectivity index (χ4v) is 3.73. The summed E-state index contributed by atoms with van der Waals surface area (Å²) in [4.78, 5) is 44.2. The molecule has 0 aliphatic carbocycles. The van der Waals surface area contributed by atoms with Crippen LogP contribution in [0.3, 0.4) is 0 Å². The Kier molecular flexibility index (Phi) is 5.43. The summed E-state index contributed by atoms with van der Waals surface area (Å²) in [6.07, 6.45) is 3.03. The van der Waals surface area contributed by atoms with Crippen molar-refractivity contribution in [3.05, 3.63) is 28.3 Å². The lowest BCUT2D eigenvalue weighted by Gasteiger charge is -2.31. The van der Waals surface area contributed by atoms with Crippen molar-refractivity contribution < 1.29 is 9.53 Å². The molecule has 29 heavy (non-hydrogen) atoms. The highest BCUT2D eigenvalue weighted by atomic mass is 16.5. The first-order chi connectivity index (χ1) is 14.0. The van der Waals surface area contributed by atoms with Crippen LogP contribution in [0.1, 0.15) is 18.5 Å². The number of nitrogens with one attached hydrogen (secondary N) is 1. The van der Waals surface area contributed by atoms with Gasteiger partial charge in [-0.3, -0.25) is 14.6 Å². The number of rotatable bonds is 4. The molecule has 2 aliphatic heterocycles. The number of ether oxygens (including phenoxy) is 1. The largest absolute Gasteiger partial charge is 0.378 e. The number of amides is 1. The Labute approximate surface area is 168 Å². The van der Waals surface area contributed by atoms with Gasteiger partial charge in [0.2, 0.25) is 17.8 Å². The molecule has 0 saturated carbocycles. The molecule has 3 N–H and O–H groups in total. The first kappa shape index (κ1) is 19.3. The maximum atomic E-state index is 12.3. The van der Waals surface area contributed by atoms with E-state index < -0.39 is 0 Å². The van der Waals surface area contributed by atoms with Crippen LogP contribution < -0.4 is 21.1 Å². The summed E-state index contributed by atoms with van der Waals surface area (Å²) in [5.41, 5.74) is 7.19. The number of nitrogens with two attached hydrogens (primary N) is 1. The molecule has 154 valence electrons. The van der Waals surface area contributed by atoms with Gasteiger partial charge in [-0.15, -0.1) is 0 Å². The van der Waals surface area contributed by atoms with Gasteiger partial charge in [0.25, 0.3) is 5.56 Å². The van der Waals surface area contributed by atoms with Crippen LogP contribution in [0.4, 0.5) is 11.9 Å². The molecule has 2 aromatic heterocycles. The highest BCUT2D eigenvalue weighted by Crippen LogP contribution is 2.24. The summed E-state index contributed by atoms with van der Waals surface area (Å²) < 4.78 is 5.37. The van der Waals surface area contributed by atoms with Gasteiger partial charge in [-0.25, -0.2) is 15.0 Å². The molecular formula is C19H25N7O3. The Balaban J connectivity index is 1.57. The normalized spacial score (nSPS) is 18.1. The highest BCUT2D eigenvalue weighted by Gasteiger charge is 2.25. The Morgan fingerprint density at radius 2 is 1.90 bits per heavy atom. The van der Waals surface area contributed by atoms with E-state index in [4.69, 9.17) is 10.5 Å². The molecule has 0 bridgehead atoms. The van der Waals surface area contributed by atoms with Crippen LogP contribution in [0.2, 0.25) is 0 Å². The van der Waals surface area contributed by atoms with E-state index >= 15 is 0 Å². The lowest BCUT2D eigenvalue weighted by atomic mass is 9.96. The number of aromatic amines is 1. The van der Waals surface area contributed by atoms with Crippen LogP contribution in [-0.2, 0) is 9.53 Å². The predicted octanol–water partition coefficient (Wildman–Crippen LogP) is 0.0736. The minimum atomic E-state index is -0.270. The third-order valence-electron chi connectivity index (χ3n) is 5.46. The number of morpholine rings is 1. The van der Waals surface area contributed by atoms with Gasteiger partial charge in [0.05, 0.1) is 24.6 Å². The van der Waals surface area contributed by atoms with E-state index in [1.54, 1.807) is 6.20 Å². The second-order valence-electron chi connectivity index (χ2n) is 7.39. The van der Waals surface area contributed by atoms with Crippen LogP contribution >= 0.6 is 0 Å². The van der Waals surface area contributed by atoms with Crippen molar-refractivity contribution >= 4 is 17.8 Å². The highest BCUT2D eigenvalue weighted by molar-refractivity contribution is 5.77. The molecule has 0 radical (unpaired) electrons. The summed E-state index contributed by atoms with van der Waals surface area (Å²) >= 11 is 0. The third kappa shape index (κ3) is 4.21. The molecule has 4 heterocycles. The lowest BCUT2D eigenvalue weighted by Crippen LogP contribution is -2.40. The molecular weight excluding hydrogens is 374 g/mol. The molecule has 0 unspecified atom stereocenters. The Morgan fingerprint density at radius 1 is 1.17 bits per heavy atom. The number of carbonyl (C=O) groups is 1. The van der Waals surface area contributed by atoms with Crippen LogP contribution in [0, 0.1) is 12.8 Å². The number of primary amides is 1. The van der Waals surface area contributed by atoms with Crippen LogP contribution in [0.5, 0.6) is 0 Å². The number of nitrogens with zero attached hydrogens (tertiary/aromatic N) is 5. The Morgan fingerprint density at radius 3 is 2.55 bits per heavy atom. The summed E-state index contributed by atoms with van der Waals surface area (Å²) in [6, 6.07) is 1.46. The second kappa shape index (κ2) is 8.16. The zero-order valence-corrected chi connectivity index (χ0v) is 16.4. The molecule has 10 heteroatoms. The average Bonchev–Trinajstić information content (AvgIpc) is 2.74. The molecule has 10 nitrogen and oxygen atoms in total. The van der Waals surface area contributed by atoms with Gasteiger partial charge in [0.1, 0.15) is 0 Å². The molecule has 0 atom stereocenters. The third-order valence-corrected chi connectivity index (χ3v) is 5.46. The number of aryl methyl sites for hydroxylation is 1. The summed E-state index contributed by atoms with van der Waals surface area (Å²) in [7, 11) is 0. The molecule has 0 aromatic carbocycles. The molecule has 2 aromatic rings. The molecule has 0 spiro atoms. The molecule has 2 aliphatic rings. The second-order valence-corrected chi connectivity index (χ2v) is 7.39. The predicted molar refractivity (Wildman–Crippen MR) is 108 cm³/mol. The Hall–Kier alpha value is -3.01. The first-order valence-corrected chi connectivity index (χ1v) is 9.83. The summed E-state index contributed by atoms with van der Waals surface area (Å²) in [6.45, 7) is 5.96. The fraction of sp³-hybridized carbons (Fsp3) is 0.526. The van der Waals surface area contributed by atoms with Gasteiger partial charge < -0.3 is 20.3 Å². The molecule has 2 fully saturated rings. The quantitative estimate of drug-likeness (QED) is 0.739. The van der Waals surface area contributed by atoms with Gasteiger partial charge >= 0.3 is 0 Å². The van der Waals surface area contributed by atoms with E-state index in [1.807, 2.05) is 11.8 Å². The molecule has 4 rings (SSSR count). The maximum Gasteiger partial charge on any atom is 0.252 e. The average molecular weight is 399 g/mol. The van der Waals surface area contributed by atoms with E-state index in [0.29, 0.717) is 56.7 Å². The number of hydrogen-bond acceptors (Lipinski definition) is 8. The van der Waals surface area contributed by atoms with Gasteiger partial charge in [-0.05, 0) is 19.8 Å². The smallest absolute Gasteiger partial charge is 0.252 e. The first-order valence-electron chi connectivity index (χ1n) is 9.83. The number of aromatic nitrogens is 4. The van der Waals surface area contributed by atoms with Gasteiger partial charge in [-0.2, -0.15) is 0 Å². The number of hydrogen-bond donors (Lipinski definition) is 2. The van der Waals surface area contributed by atoms with E-state index in [2.05, 4.69) is 24.8 Å².